The summed E-state index contributed by atoms with van der Waals surface area (Å²) < 4.78 is 26.9. The van der Waals surface area contributed by atoms with Gasteiger partial charge in [0.05, 0.1) is 24.5 Å². The van der Waals surface area contributed by atoms with Crippen molar-refractivity contribution >= 4 is 15.9 Å². The highest BCUT2D eigenvalue weighted by atomic mass is 32.2. The first-order valence-electron chi connectivity index (χ1n) is 8.03. The first-order chi connectivity index (χ1) is 11.8. The second kappa shape index (κ2) is 6.93. The molecule has 1 amide bonds. The number of pyridine rings is 1. The van der Waals surface area contributed by atoms with E-state index in [1.807, 2.05) is 29.8 Å². The van der Waals surface area contributed by atoms with E-state index in [-0.39, 0.29) is 11.9 Å². The number of hydrogen-bond donors (Lipinski definition) is 1. The summed E-state index contributed by atoms with van der Waals surface area (Å²) in [6.45, 7) is 3.08. The highest BCUT2D eigenvalue weighted by Gasteiger charge is 2.29. The molecule has 25 heavy (non-hydrogen) atoms. The average molecular weight is 363 g/mol. The van der Waals surface area contributed by atoms with E-state index >= 15 is 0 Å². The normalized spacial score (nSPS) is 17.4. The minimum Gasteiger partial charge on any atom is -0.329 e. The lowest BCUT2D eigenvalue weighted by Gasteiger charge is -2.33. The minimum atomic E-state index is -3.24. The van der Waals surface area contributed by atoms with E-state index in [9.17, 15) is 13.2 Å². The molecular formula is C16H21N5O3S. The Hall–Kier alpha value is -2.26. The van der Waals surface area contributed by atoms with Crippen LogP contribution in [0.3, 0.4) is 0 Å². The fourth-order valence-corrected chi connectivity index (χ4v) is 3.48. The van der Waals surface area contributed by atoms with E-state index in [1.165, 1.54) is 0 Å². The van der Waals surface area contributed by atoms with Gasteiger partial charge in [-0.05, 0) is 31.5 Å². The van der Waals surface area contributed by atoms with E-state index in [1.54, 1.807) is 17.2 Å². The van der Waals surface area contributed by atoms with Crippen molar-refractivity contribution in [3.63, 3.8) is 0 Å². The van der Waals surface area contributed by atoms with Crippen LogP contribution in [0, 0.1) is 6.92 Å². The molecule has 2 aromatic rings. The Morgan fingerprint density at radius 1 is 1.36 bits per heavy atom. The smallest absolute Gasteiger partial charge is 0.272 e. The van der Waals surface area contributed by atoms with Crippen LogP contribution >= 0.6 is 0 Å². The molecule has 0 saturated heterocycles. The summed E-state index contributed by atoms with van der Waals surface area (Å²) in [6.07, 6.45) is 3.38. The molecule has 0 aromatic carbocycles. The average Bonchev–Trinajstić information content (AvgIpc) is 3.01. The van der Waals surface area contributed by atoms with Crippen LogP contribution in [0.15, 0.2) is 30.5 Å². The fourth-order valence-electron chi connectivity index (χ4n) is 2.99. The molecule has 0 spiro atoms. The van der Waals surface area contributed by atoms with Gasteiger partial charge in [0, 0.05) is 25.0 Å². The van der Waals surface area contributed by atoms with Gasteiger partial charge in [-0.1, -0.05) is 6.07 Å². The van der Waals surface area contributed by atoms with Gasteiger partial charge in [-0.25, -0.2) is 18.1 Å². The lowest BCUT2D eigenvalue weighted by molar-refractivity contribution is 0.0658. The summed E-state index contributed by atoms with van der Waals surface area (Å²) in [6, 6.07) is 7.17. The second-order valence-corrected chi connectivity index (χ2v) is 8.06. The van der Waals surface area contributed by atoms with Crippen LogP contribution in [0.1, 0.15) is 34.3 Å². The number of nitrogens with zero attached hydrogens (tertiary/aromatic N) is 4. The molecule has 134 valence electrons. The maximum absolute atomic E-state index is 12.8. The van der Waals surface area contributed by atoms with Crippen molar-refractivity contribution in [2.24, 2.45) is 0 Å². The van der Waals surface area contributed by atoms with Gasteiger partial charge in [0.2, 0.25) is 10.0 Å². The Bertz CT molecular complexity index is 877. The summed E-state index contributed by atoms with van der Waals surface area (Å²) in [5, 5.41) is 4.32. The molecule has 3 rings (SSSR count). The van der Waals surface area contributed by atoms with Gasteiger partial charge < -0.3 is 4.90 Å². The molecule has 8 nitrogen and oxygen atoms in total. The first kappa shape index (κ1) is 17.6. The Balaban J connectivity index is 1.76. The van der Waals surface area contributed by atoms with Crippen LogP contribution in [0.4, 0.5) is 0 Å². The van der Waals surface area contributed by atoms with Gasteiger partial charge >= 0.3 is 0 Å². The van der Waals surface area contributed by atoms with E-state index in [2.05, 4.69) is 14.8 Å². The molecule has 0 aliphatic carbocycles. The van der Waals surface area contributed by atoms with E-state index in [0.29, 0.717) is 31.7 Å². The van der Waals surface area contributed by atoms with Gasteiger partial charge in [-0.15, -0.1) is 0 Å². The molecule has 9 heteroatoms. The molecule has 0 radical (unpaired) electrons. The van der Waals surface area contributed by atoms with Crippen molar-refractivity contribution in [3.8, 4) is 0 Å². The highest BCUT2D eigenvalue weighted by Crippen LogP contribution is 2.24. The Morgan fingerprint density at radius 2 is 2.16 bits per heavy atom. The van der Waals surface area contributed by atoms with Crippen LogP contribution < -0.4 is 4.72 Å². The number of carbonyl (C=O) groups is 1. The molecule has 1 N–H and O–H groups in total. The molecule has 2 aromatic heterocycles. The summed E-state index contributed by atoms with van der Waals surface area (Å²) in [5.41, 5.74) is 2.14. The van der Waals surface area contributed by atoms with Crippen molar-refractivity contribution in [2.75, 3.05) is 19.3 Å². The van der Waals surface area contributed by atoms with Crippen molar-refractivity contribution < 1.29 is 13.2 Å². The summed E-state index contributed by atoms with van der Waals surface area (Å²) in [4.78, 5) is 18.8. The van der Waals surface area contributed by atoms with Crippen molar-refractivity contribution in [3.05, 3.63) is 47.5 Å². The Labute approximate surface area is 146 Å². The lowest BCUT2D eigenvalue weighted by Crippen LogP contribution is -2.42. The maximum atomic E-state index is 12.8. The minimum absolute atomic E-state index is 0.0817. The third-order valence-corrected chi connectivity index (χ3v) is 4.85. The van der Waals surface area contributed by atoms with Gasteiger partial charge in [-0.2, -0.15) is 5.10 Å². The molecular weight excluding hydrogens is 342 g/mol. The number of carbonyl (C=O) groups excluding carboxylic acids is 1. The van der Waals surface area contributed by atoms with Gasteiger partial charge in [-0.3, -0.25) is 9.48 Å². The van der Waals surface area contributed by atoms with Crippen LogP contribution in [-0.4, -0.2) is 53.3 Å². The van der Waals surface area contributed by atoms with Crippen molar-refractivity contribution in [1.82, 2.24) is 24.4 Å². The number of aryl methyl sites for hydroxylation is 1. The second-order valence-electron chi connectivity index (χ2n) is 6.23. The Morgan fingerprint density at radius 3 is 2.88 bits per heavy atom. The number of hydrogen-bond acceptors (Lipinski definition) is 5. The predicted molar refractivity (Wildman–Crippen MR) is 92.4 cm³/mol. The molecule has 0 saturated carbocycles. The fraction of sp³-hybridized carbons (Fsp3) is 0.438. The number of rotatable bonds is 5. The predicted octanol–water partition coefficient (Wildman–Crippen LogP) is 0.723. The third-order valence-electron chi connectivity index (χ3n) is 4.12. The first-order valence-corrected chi connectivity index (χ1v) is 9.92. The third kappa shape index (κ3) is 4.23. The van der Waals surface area contributed by atoms with Crippen LogP contribution in [0.25, 0.3) is 0 Å². The number of fused-ring (bicyclic) bond motifs is 1. The molecule has 3 heterocycles. The summed E-state index contributed by atoms with van der Waals surface area (Å²) >= 11 is 0. The molecule has 1 atom stereocenters. The monoisotopic (exact) mass is 363 g/mol. The standard InChI is InChI=1S/C16H21N5O3S/c1-12-4-3-5-15(19-12)16(22)20-10-13-6-8-17-21(13)14(11-20)7-9-18-25(2,23)24/h3-6,8,14,18H,7,9-11H2,1-2H3. The number of aromatic nitrogens is 3. The highest BCUT2D eigenvalue weighted by molar-refractivity contribution is 7.88. The molecule has 0 bridgehead atoms. The Kier molecular flexibility index (Phi) is 4.87. The zero-order valence-corrected chi connectivity index (χ0v) is 15.0. The van der Waals surface area contributed by atoms with Crippen molar-refractivity contribution in [2.45, 2.75) is 25.9 Å². The largest absolute Gasteiger partial charge is 0.329 e. The van der Waals surface area contributed by atoms with Crippen LogP contribution in [0.5, 0.6) is 0 Å². The van der Waals surface area contributed by atoms with Crippen LogP contribution in [0.2, 0.25) is 0 Å². The van der Waals surface area contributed by atoms with Crippen molar-refractivity contribution in [1.29, 1.82) is 0 Å². The van der Waals surface area contributed by atoms with Gasteiger partial charge in [0.15, 0.2) is 0 Å². The zero-order chi connectivity index (χ0) is 18.0. The quantitative estimate of drug-likeness (QED) is 0.844. The maximum Gasteiger partial charge on any atom is 0.272 e. The summed E-state index contributed by atoms with van der Waals surface area (Å²) in [7, 11) is -3.24. The number of amides is 1. The number of sulfonamides is 1. The van der Waals surface area contributed by atoms with E-state index < -0.39 is 10.0 Å². The summed E-state index contributed by atoms with van der Waals surface area (Å²) in [5.74, 6) is -0.128. The zero-order valence-electron chi connectivity index (χ0n) is 14.2. The van der Waals surface area contributed by atoms with E-state index in [4.69, 9.17) is 0 Å². The molecule has 0 fully saturated rings. The van der Waals surface area contributed by atoms with Gasteiger partial charge in [0.25, 0.3) is 5.91 Å². The lowest BCUT2D eigenvalue weighted by atomic mass is 10.1. The van der Waals surface area contributed by atoms with Gasteiger partial charge in [0.1, 0.15) is 5.69 Å². The van der Waals surface area contributed by atoms with E-state index in [0.717, 1.165) is 17.6 Å². The topological polar surface area (TPSA) is 97.2 Å². The molecule has 1 aliphatic heterocycles. The molecule has 1 aliphatic rings. The molecule has 1 unspecified atom stereocenters. The van der Waals surface area contributed by atoms with Crippen LogP contribution in [-0.2, 0) is 16.6 Å². The SMILES string of the molecule is Cc1cccc(C(=O)N2Cc3ccnn3C(CCNS(C)(=O)=O)C2)n1. The number of nitrogens with one attached hydrogen (secondary N) is 1.